The van der Waals surface area contributed by atoms with Crippen LogP contribution in [0, 0.1) is 0 Å². The van der Waals surface area contributed by atoms with E-state index in [1.165, 1.54) is 30.9 Å². The summed E-state index contributed by atoms with van der Waals surface area (Å²) in [6.45, 7) is 0. The smallest absolute Gasteiger partial charge is 0.328 e. The molecule has 100 valence electrons. The Morgan fingerprint density at radius 3 is 2.75 bits per heavy atom. The number of rotatable bonds is 4. The first-order chi connectivity index (χ1) is 9.66. The SMILES string of the molecule is O=C(O)/C=C/c1cccnc1C(=O)Nc1cnccn1. The molecule has 2 aromatic rings. The van der Waals surface area contributed by atoms with Crippen molar-refractivity contribution in [2.75, 3.05) is 5.32 Å². The van der Waals surface area contributed by atoms with Gasteiger partial charge in [-0.05, 0) is 12.1 Å². The van der Waals surface area contributed by atoms with Crippen LogP contribution in [-0.4, -0.2) is 31.9 Å². The molecule has 1 amide bonds. The van der Waals surface area contributed by atoms with E-state index in [0.717, 1.165) is 6.08 Å². The zero-order valence-electron chi connectivity index (χ0n) is 10.2. The van der Waals surface area contributed by atoms with Crippen LogP contribution in [0.1, 0.15) is 16.1 Å². The standard InChI is InChI=1S/C13H10N4O3/c18-11(19)4-3-9-2-1-5-16-12(9)13(20)17-10-8-14-6-7-15-10/h1-8H,(H,18,19)(H,15,17,20)/b4-3+. The number of carbonyl (C=O) groups excluding carboxylic acids is 1. The van der Waals surface area contributed by atoms with Gasteiger partial charge in [0.05, 0.1) is 6.20 Å². The van der Waals surface area contributed by atoms with Gasteiger partial charge in [-0.3, -0.25) is 14.8 Å². The summed E-state index contributed by atoms with van der Waals surface area (Å²) < 4.78 is 0. The number of hydrogen-bond donors (Lipinski definition) is 2. The average molecular weight is 270 g/mol. The number of pyridine rings is 1. The van der Waals surface area contributed by atoms with Crippen molar-refractivity contribution < 1.29 is 14.7 Å². The van der Waals surface area contributed by atoms with Crippen LogP contribution in [0.15, 0.2) is 43.0 Å². The third kappa shape index (κ3) is 3.45. The summed E-state index contributed by atoms with van der Waals surface area (Å²) in [7, 11) is 0. The second kappa shape index (κ2) is 6.19. The zero-order chi connectivity index (χ0) is 14.4. The molecule has 0 aliphatic rings. The Bertz CT molecular complexity index is 656. The fraction of sp³-hybridized carbons (Fsp3) is 0. The summed E-state index contributed by atoms with van der Waals surface area (Å²) in [6.07, 6.45) is 8.02. The molecule has 2 N–H and O–H groups in total. The summed E-state index contributed by atoms with van der Waals surface area (Å²) in [6, 6.07) is 3.21. The highest BCUT2D eigenvalue weighted by Gasteiger charge is 2.12. The molecular formula is C13H10N4O3. The molecular weight excluding hydrogens is 260 g/mol. The highest BCUT2D eigenvalue weighted by atomic mass is 16.4. The lowest BCUT2D eigenvalue weighted by molar-refractivity contribution is -0.131. The van der Waals surface area contributed by atoms with E-state index < -0.39 is 11.9 Å². The number of carboxylic acids is 1. The molecule has 7 heteroatoms. The maximum absolute atomic E-state index is 12.1. The van der Waals surface area contributed by atoms with Crippen LogP contribution >= 0.6 is 0 Å². The number of nitrogens with one attached hydrogen (secondary N) is 1. The van der Waals surface area contributed by atoms with Gasteiger partial charge in [-0.25, -0.2) is 9.78 Å². The number of aliphatic carboxylic acids is 1. The van der Waals surface area contributed by atoms with Crippen molar-refractivity contribution in [3.05, 3.63) is 54.3 Å². The number of aromatic nitrogens is 3. The van der Waals surface area contributed by atoms with Crippen LogP contribution < -0.4 is 5.32 Å². The van der Waals surface area contributed by atoms with Gasteiger partial charge in [0, 0.05) is 30.2 Å². The number of anilines is 1. The van der Waals surface area contributed by atoms with Crippen LogP contribution in [0.5, 0.6) is 0 Å². The predicted octanol–water partition coefficient (Wildman–Crippen LogP) is 1.22. The molecule has 0 aliphatic carbocycles. The van der Waals surface area contributed by atoms with E-state index in [0.29, 0.717) is 5.56 Å². The lowest BCUT2D eigenvalue weighted by Gasteiger charge is -2.05. The maximum Gasteiger partial charge on any atom is 0.328 e. The number of nitrogens with zero attached hydrogens (tertiary/aromatic N) is 3. The molecule has 0 atom stereocenters. The predicted molar refractivity (Wildman–Crippen MR) is 70.9 cm³/mol. The molecule has 0 unspecified atom stereocenters. The Balaban J connectivity index is 2.24. The lowest BCUT2D eigenvalue weighted by Crippen LogP contribution is -2.16. The highest BCUT2D eigenvalue weighted by molar-refractivity contribution is 6.05. The summed E-state index contributed by atoms with van der Waals surface area (Å²) in [5.74, 6) is -1.30. The van der Waals surface area contributed by atoms with Crippen molar-refractivity contribution in [2.24, 2.45) is 0 Å². The van der Waals surface area contributed by atoms with Crippen molar-refractivity contribution in [3.8, 4) is 0 Å². The first-order valence-corrected chi connectivity index (χ1v) is 5.60. The Morgan fingerprint density at radius 1 is 1.20 bits per heavy atom. The second-order valence-corrected chi connectivity index (χ2v) is 3.66. The molecule has 0 fully saturated rings. The van der Waals surface area contributed by atoms with E-state index in [4.69, 9.17) is 5.11 Å². The molecule has 0 bridgehead atoms. The molecule has 2 heterocycles. The lowest BCUT2D eigenvalue weighted by atomic mass is 10.1. The monoisotopic (exact) mass is 270 g/mol. The molecule has 20 heavy (non-hydrogen) atoms. The third-order valence-corrected chi connectivity index (χ3v) is 2.26. The Morgan fingerprint density at radius 2 is 2.05 bits per heavy atom. The summed E-state index contributed by atoms with van der Waals surface area (Å²) >= 11 is 0. The van der Waals surface area contributed by atoms with Gasteiger partial charge in [-0.15, -0.1) is 0 Å². The van der Waals surface area contributed by atoms with E-state index in [2.05, 4.69) is 20.3 Å². The van der Waals surface area contributed by atoms with E-state index in [1.807, 2.05) is 0 Å². The van der Waals surface area contributed by atoms with Crippen LogP contribution in [0.4, 0.5) is 5.82 Å². The van der Waals surface area contributed by atoms with Gasteiger partial charge in [0.25, 0.3) is 5.91 Å². The van der Waals surface area contributed by atoms with Gasteiger partial charge >= 0.3 is 5.97 Å². The quantitative estimate of drug-likeness (QED) is 0.809. The molecule has 0 saturated carbocycles. The first-order valence-electron chi connectivity index (χ1n) is 5.60. The minimum absolute atomic E-state index is 0.107. The van der Waals surface area contributed by atoms with Crippen LogP contribution in [0.2, 0.25) is 0 Å². The fourth-order valence-electron chi connectivity index (χ4n) is 1.44. The van der Waals surface area contributed by atoms with Crippen LogP contribution in [-0.2, 0) is 4.79 Å². The van der Waals surface area contributed by atoms with Crippen molar-refractivity contribution >= 4 is 23.8 Å². The van der Waals surface area contributed by atoms with Crippen molar-refractivity contribution in [3.63, 3.8) is 0 Å². The molecule has 0 radical (unpaired) electrons. The molecule has 2 rings (SSSR count). The van der Waals surface area contributed by atoms with Crippen LogP contribution in [0.3, 0.4) is 0 Å². The largest absolute Gasteiger partial charge is 0.478 e. The number of amides is 1. The van der Waals surface area contributed by atoms with Gasteiger partial charge in [0.1, 0.15) is 5.69 Å². The molecule has 0 aromatic carbocycles. The van der Waals surface area contributed by atoms with E-state index in [9.17, 15) is 9.59 Å². The Labute approximate surface area is 114 Å². The molecule has 7 nitrogen and oxygen atoms in total. The topological polar surface area (TPSA) is 105 Å². The minimum atomic E-state index is -1.10. The number of carboxylic acid groups (broad SMARTS) is 1. The zero-order valence-corrected chi connectivity index (χ0v) is 10.2. The minimum Gasteiger partial charge on any atom is -0.478 e. The van der Waals surface area contributed by atoms with E-state index >= 15 is 0 Å². The highest BCUT2D eigenvalue weighted by Crippen LogP contribution is 2.10. The van der Waals surface area contributed by atoms with Gasteiger partial charge in [0.15, 0.2) is 5.82 Å². The van der Waals surface area contributed by atoms with Gasteiger partial charge in [-0.2, -0.15) is 0 Å². The van der Waals surface area contributed by atoms with Gasteiger partial charge < -0.3 is 10.4 Å². The number of carbonyl (C=O) groups is 2. The molecule has 0 spiro atoms. The summed E-state index contributed by atoms with van der Waals surface area (Å²) in [5, 5.41) is 11.1. The molecule has 0 aliphatic heterocycles. The average Bonchev–Trinajstić information content (AvgIpc) is 2.46. The van der Waals surface area contributed by atoms with E-state index in [-0.39, 0.29) is 11.5 Å². The normalized spacial score (nSPS) is 10.4. The maximum atomic E-state index is 12.1. The Kier molecular flexibility index (Phi) is 4.13. The van der Waals surface area contributed by atoms with Crippen molar-refractivity contribution in [1.29, 1.82) is 0 Å². The van der Waals surface area contributed by atoms with Crippen LogP contribution in [0.25, 0.3) is 6.08 Å². The first kappa shape index (κ1) is 13.3. The summed E-state index contributed by atoms with van der Waals surface area (Å²) in [5.41, 5.74) is 0.506. The summed E-state index contributed by atoms with van der Waals surface area (Å²) in [4.78, 5) is 34.3. The van der Waals surface area contributed by atoms with Gasteiger partial charge in [-0.1, -0.05) is 6.07 Å². The molecule has 2 aromatic heterocycles. The second-order valence-electron chi connectivity index (χ2n) is 3.66. The fourth-order valence-corrected chi connectivity index (χ4v) is 1.44. The van der Waals surface area contributed by atoms with E-state index in [1.54, 1.807) is 12.1 Å². The number of hydrogen-bond acceptors (Lipinski definition) is 5. The van der Waals surface area contributed by atoms with Crippen molar-refractivity contribution in [1.82, 2.24) is 15.0 Å². The van der Waals surface area contributed by atoms with Gasteiger partial charge in [0.2, 0.25) is 0 Å². The van der Waals surface area contributed by atoms with Crippen molar-refractivity contribution in [2.45, 2.75) is 0 Å². The third-order valence-electron chi connectivity index (χ3n) is 2.26. The Hall–Kier alpha value is -3.09. The molecule has 0 saturated heterocycles.